The monoisotopic (exact) mass is 226 g/mol. The Kier molecular flexibility index (Phi) is 4.18. The number of nitrogens with two attached hydrogens (primary N) is 1. The van der Waals surface area contributed by atoms with E-state index in [1.807, 2.05) is 0 Å². The van der Waals surface area contributed by atoms with Crippen molar-refractivity contribution in [1.29, 1.82) is 0 Å². The summed E-state index contributed by atoms with van der Waals surface area (Å²) in [5, 5.41) is 2.91. The van der Waals surface area contributed by atoms with Crippen molar-refractivity contribution in [1.82, 2.24) is 5.32 Å². The first-order valence-corrected chi connectivity index (χ1v) is 6.44. The van der Waals surface area contributed by atoms with Crippen LogP contribution in [0.3, 0.4) is 0 Å². The molecule has 0 radical (unpaired) electrons. The van der Waals surface area contributed by atoms with Crippen molar-refractivity contribution >= 4 is 5.91 Å². The normalized spacial score (nSPS) is 35.8. The summed E-state index contributed by atoms with van der Waals surface area (Å²) in [6.45, 7) is 1.47. The molecule has 3 atom stereocenters. The van der Waals surface area contributed by atoms with E-state index < -0.39 is 0 Å². The van der Waals surface area contributed by atoms with Gasteiger partial charge in [-0.2, -0.15) is 0 Å². The van der Waals surface area contributed by atoms with Crippen LogP contribution in [0.15, 0.2) is 0 Å². The van der Waals surface area contributed by atoms with E-state index in [2.05, 4.69) is 5.32 Å². The lowest BCUT2D eigenvalue weighted by Gasteiger charge is -2.23. The van der Waals surface area contributed by atoms with E-state index in [-0.39, 0.29) is 18.1 Å². The molecule has 4 heteroatoms. The van der Waals surface area contributed by atoms with E-state index in [0.717, 1.165) is 38.6 Å². The molecule has 1 heterocycles. The summed E-state index contributed by atoms with van der Waals surface area (Å²) >= 11 is 0. The molecule has 3 N–H and O–H groups in total. The number of rotatable bonds is 3. The number of carbonyl (C=O) groups excluding carboxylic acids is 1. The molecule has 1 amide bonds. The Bertz CT molecular complexity index is 245. The smallest absolute Gasteiger partial charge is 0.249 e. The van der Waals surface area contributed by atoms with Gasteiger partial charge < -0.3 is 15.8 Å². The van der Waals surface area contributed by atoms with Crippen LogP contribution in [0.5, 0.6) is 0 Å². The fourth-order valence-corrected chi connectivity index (χ4v) is 2.70. The van der Waals surface area contributed by atoms with Crippen molar-refractivity contribution < 1.29 is 9.53 Å². The average molecular weight is 226 g/mol. The molecule has 0 aromatic heterocycles. The lowest BCUT2D eigenvalue weighted by atomic mass is 10.1. The summed E-state index contributed by atoms with van der Waals surface area (Å²) in [7, 11) is 0. The number of ether oxygens (including phenoxy) is 1. The van der Waals surface area contributed by atoms with Crippen molar-refractivity contribution in [2.45, 2.75) is 50.7 Å². The highest BCUT2D eigenvalue weighted by Gasteiger charge is 2.32. The second kappa shape index (κ2) is 5.64. The zero-order valence-electron chi connectivity index (χ0n) is 9.78. The minimum Gasteiger partial charge on any atom is -0.365 e. The SMILES string of the molecule is NCC1CCCC1OC1CCCCNC1=O. The number of carbonyl (C=O) groups is 1. The predicted octanol–water partition coefficient (Wildman–Crippen LogP) is 0.799. The minimum atomic E-state index is -0.236. The molecular formula is C12H22N2O2. The van der Waals surface area contributed by atoms with E-state index in [9.17, 15) is 4.79 Å². The number of nitrogens with one attached hydrogen (secondary N) is 1. The van der Waals surface area contributed by atoms with Gasteiger partial charge in [-0.25, -0.2) is 0 Å². The molecule has 1 saturated heterocycles. The Morgan fingerprint density at radius 1 is 1.25 bits per heavy atom. The molecule has 1 aliphatic heterocycles. The highest BCUT2D eigenvalue weighted by molar-refractivity contribution is 5.80. The zero-order chi connectivity index (χ0) is 11.4. The fraction of sp³-hybridized carbons (Fsp3) is 0.917. The minimum absolute atomic E-state index is 0.0696. The molecule has 0 spiro atoms. The molecule has 16 heavy (non-hydrogen) atoms. The summed E-state index contributed by atoms with van der Waals surface area (Å²) in [5.41, 5.74) is 5.71. The van der Waals surface area contributed by atoms with Gasteiger partial charge in [0.1, 0.15) is 6.10 Å². The molecule has 2 aliphatic rings. The molecule has 0 aromatic rings. The fourth-order valence-electron chi connectivity index (χ4n) is 2.70. The Morgan fingerprint density at radius 3 is 2.94 bits per heavy atom. The molecular weight excluding hydrogens is 204 g/mol. The van der Waals surface area contributed by atoms with Crippen LogP contribution in [-0.4, -0.2) is 31.2 Å². The van der Waals surface area contributed by atoms with Crippen LogP contribution in [0.1, 0.15) is 38.5 Å². The maximum atomic E-state index is 11.7. The third kappa shape index (κ3) is 2.74. The first-order valence-electron chi connectivity index (χ1n) is 6.44. The molecule has 1 aliphatic carbocycles. The van der Waals surface area contributed by atoms with E-state index in [1.165, 1.54) is 6.42 Å². The maximum Gasteiger partial charge on any atom is 0.249 e. The van der Waals surface area contributed by atoms with Gasteiger partial charge in [0, 0.05) is 6.54 Å². The Labute approximate surface area is 96.9 Å². The van der Waals surface area contributed by atoms with E-state index >= 15 is 0 Å². The summed E-state index contributed by atoms with van der Waals surface area (Å²) in [4.78, 5) is 11.7. The first-order chi connectivity index (χ1) is 7.81. The van der Waals surface area contributed by atoms with Crippen LogP contribution >= 0.6 is 0 Å². The number of amides is 1. The van der Waals surface area contributed by atoms with Crippen LogP contribution in [0, 0.1) is 5.92 Å². The van der Waals surface area contributed by atoms with Crippen LogP contribution < -0.4 is 11.1 Å². The third-order valence-electron chi connectivity index (χ3n) is 3.72. The summed E-state index contributed by atoms with van der Waals surface area (Å²) in [5.74, 6) is 0.524. The second-order valence-corrected chi connectivity index (χ2v) is 4.88. The van der Waals surface area contributed by atoms with Crippen LogP contribution in [0.4, 0.5) is 0 Å². The van der Waals surface area contributed by atoms with E-state index in [0.29, 0.717) is 12.5 Å². The van der Waals surface area contributed by atoms with Crippen molar-refractivity contribution in [2.75, 3.05) is 13.1 Å². The van der Waals surface area contributed by atoms with Gasteiger partial charge in [-0.05, 0) is 44.6 Å². The van der Waals surface area contributed by atoms with Crippen LogP contribution in [0.25, 0.3) is 0 Å². The van der Waals surface area contributed by atoms with Crippen molar-refractivity contribution in [3.8, 4) is 0 Å². The third-order valence-corrected chi connectivity index (χ3v) is 3.72. The zero-order valence-corrected chi connectivity index (χ0v) is 9.78. The van der Waals surface area contributed by atoms with Crippen LogP contribution in [-0.2, 0) is 9.53 Å². The molecule has 92 valence electrons. The Hall–Kier alpha value is -0.610. The standard InChI is InChI=1S/C12H22N2O2/c13-8-9-4-3-6-10(9)16-11-5-1-2-7-14-12(11)15/h9-11H,1-8,13H2,(H,14,15). The molecule has 0 bridgehead atoms. The molecule has 0 aromatic carbocycles. The number of hydrogen-bond donors (Lipinski definition) is 2. The largest absolute Gasteiger partial charge is 0.365 e. The molecule has 1 saturated carbocycles. The Morgan fingerprint density at radius 2 is 2.12 bits per heavy atom. The van der Waals surface area contributed by atoms with Crippen molar-refractivity contribution in [3.63, 3.8) is 0 Å². The average Bonchev–Trinajstić information content (AvgIpc) is 2.64. The lowest BCUT2D eigenvalue weighted by molar-refractivity contribution is -0.137. The van der Waals surface area contributed by atoms with Gasteiger partial charge in [-0.3, -0.25) is 4.79 Å². The van der Waals surface area contributed by atoms with Crippen LogP contribution in [0.2, 0.25) is 0 Å². The molecule has 2 fully saturated rings. The summed E-state index contributed by atoms with van der Waals surface area (Å²) in [6.07, 6.45) is 6.36. The van der Waals surface area contributed by atoms with E-state index in [4.69, 9.17) is 10.5 Å². The van der Waals surface area contributed by atoms with Gasteiger partial charge >= 0.3 is 0 Å². The lowest BCUT2D eigenvalue weighted by Crippen LogP contribution is -2.39. The van der Waals surface area contributed by atoms with Gasteiger partial charge in [0.25, 0.3) is 0 Å². The Balaban J connectivity index is 1.89. The van der Waals surface area contributed by atoms with Gasteiger partial charge in [-0.15, -0.1) is 0 Å². The van der Waals surface area contributed by atoms with Gasteiger partial charge in [0.2, 0.25) is 5.91 Å². The van der Waals surface area contributed by atoms with Crippen molar-refractivity contribution in [3.05, 3.63) is 0 Å². The predicted molar refractivity (Wildman–Crippen MR) is 61.9 cm³/mol. The second-order valence-electron chi connectivity index (χ2n) is 4.88. The topological polar surface area (TPSA) is 64.3 Å². The molecule has 2 rings (SSSR count). The molecule has 4 nitrogen and oxygen atoms in total. The molecule has 3 unspecified atom stereocenters. The highest BCUT2D eigenvalue weighted by Crippen LogP contribution is 2.29. The quantitative estimate of drug-likeness (QED) is 0.748. The van der Waals surface area contributed by atoms with Gasteiger partial charge in [0.05, 0.1) is 6.10 Å². The van der Waals surface area contributed by atoms with E-state index in [1.54, 1.807) is 0 Å². The first kappa shape index (κ1) is 11.9. The number of hydrogen-bond acceptors (Lipinski definition) is 3. The summed E-state index contributed by atoms with van der Waals surface area (Å²) < 4.78 is 5.96. The van der Waals surface area contributed by atoms with Gasteiger partial charge in [-0.1, -0.05) is 6.42 Å². The van der Waals surface area contributed by atoms with Crippen molar-refractivity contribution in [2.24, 2.45) is 11.7 Å². The van der Waals surface area contributed by atoms with Gasteiger partial charge in [0.15, 0.2) is 0 Å². The highest BCUT2D eigenvalue weighted by atomic mass is 16.5. The summed E-state index contributed by atoms with van der Waals surface area (Å²) in [6, 6.07) is 0. The maximum absolute atomic E-state index is 11.7.